The van der Waals surface area contributed by atoms with E-state index in [0.29, 0.717) is 12.6 Å². The number of carbonyl (C=O) groups is 2. The molecule has 4 rings (SSSR count). The normalized spacial score (nSPS) is 17.1. The van der Waals surface area contributed by atoms with E-state index in [9.17, 15) is 24.1 Å². The quantitative estimate of drug-likeness (QED) is 0.475. The second-order valence-corrected chi connectivity index (χ2v) is 6.92. The molecule has 1 unspecified atom stereocenters. The van der Waals surface area contributed by atoms with Crippen molar-refractivity contribution in [3.8, 4) is 0 Å². The van der Waals surface area contributed by atoms with Crippen molar-refractivity contribution in [1.29, 1.82) is 0 Å². The van der Waals surface area contributed by atoms with Gasteiger partial charge in [0.2, 0.25) is 0 Å². The molecule has 1 fully saturated rings. The van der Waals surface area contributed by atoms with Gasteiger partial charge in [-0.05, 0) is 18.2 Å². The first-order valence-corrected chi connectivity index (χ1v) is 8.67. The van der Waals surface area contributed by atoms with Gasteiger partial charge < -0.3 is 4.90 Å². The van der Waals surface area contributed by atoms with Crippen LogP contribution in [0.2, 0.25) is 0 Å². The smallest absolute Gasteiger partial charge is 0.270 e. The number of non-ortho nitro benzene ring substituents is 1. The molecule has 0 bridgehead atoms. The van der Waals surface area contributed by atoms with Gasteiger partial charge in [0.1, 0.15) is 12.4 Å². The number of hydrogen-bond acceptors (Lipinski definition) is 4. The summed E-state index contributed by atoms with van der Waals surface area (Å²) in [6, 6.07) is 10.2. The van der Waals surface area contributed by atoms with E-state index in [2.05, 4.69) is 0 Å². The zero-order valence-electron chi connectivity index (χ0n) is 14.4. The number of benzene rings is 2. The van der Waals surface area contributed by atoms with E-state index in [0.717, 1.165) is 34.3 Å². The highest BCUT2D eigenvalue weighted by atomic mass is 19.1. The lowest BCUT2D eigenvalue weighted by atomic mass is 10.1. The molecule has 1 aliphatic heterocycles. The fourth-order valence-electron chi connectivity index (χ4n) is 3.42. The molecule has 2 amide bonds. The molecule has 0 saturated heterocycles. The lowest BCUT2D eigenvalue weighted by Gasteiger charge is -2.24. The molecule has 2 aromatic rings. The summed E-state index contributed by atoms with van der Waals surface area (Å²) in [5.41, 5.74) is 0.980. The Labute approximate surface area is 154 Å². The lowest BCUT2D eigenvalue weighted by Crippen LogP contribution is -3.13. The van der Waals surface area contributed by atoms with Crippen LogP contribution in [-0.4, -0.2) is 34.3 Å². The van der Waals surface area contributed by atoms with E-state index < -0.39 is 16.7 Å². The molecule has 1 heterocycles. The molecule has 27 heavy (non-hydrogen) atoms. The van der Waals surface area contributed by atoms with Gasteiger partial charge in [0.25, 0.3) is 17.5 Å². The predicted molar refractivity (Wildman–Crippen MR) is 92.6 cm³/mol. The second-order valence-electron chi connectivity index (χ2n) is 6.92. The van der Waals surface area contributed by atoms with Crippen LogP contribution < -0.4 is 4.90 Å². The van der Waals surface area contributed by atoms with Gasteiger partial charge in [-0.3, -0.25) is 19.7 Å². The topological polar surface area (TPSA) is 85.0 Å². The van der Waals surface area contributed by atoms with Gasteiger partial charge in [-0.2, -0.15) is 0 Å². The lowest BCUT2D eigenvalue weighted by molar-refractivity contribution is -0.931. The van der Waals surface area contributed by atoms with Crippen LogP contribution in [0.3, 0.4) is 0 Å². The van der Waals surface area contributed by atoms with Crippen molar-refractivity contribution in [3.63, 3.8) is 0 Å². The van der Waals surface area contributed by atoms with Crippen LogP contribution in [0, 0.1) is 15.9 Å². The van der Waals surface area contributed by atoms with Crippen molar-refractivity contribution < 1.29 is 23.8 Å². The number of hydrogen-bond donors (Lipinski definition) is 1. The Balaban J connectivity index is 1.55. The van der Waals surface area contributed by atoms with Crippen LogP contribution in [0.1, 0.15) is 39.1 Å². The third-order valence-electron chi connectivity index (χ3n) is 5.03. The van der Waals surface area contributed by atoms with Crippen molar-refractivity contribution in [2.24, 2.45) is 0 Å². The van der Waals surface area contributed by atoms with Gasteiger partial charge in [0.05, 0.1) is 22.1 Å². The molecule has 2 aromatic carbocycles. The molecule has 138 valence electrons. The number of fused-ring (bicyclic) bond motifs is 1. The number of nitro benzene ring substituents is 1. The Morgan fingerprint density at radius 3 is 2.37 bits per heavy atom. The van der Waals surface area contributed by atoms with E-state index in [-0.39, 0.29) is 29.3 Å². The maximum Gasteiger partial charge on any atom is 0.270 e. The number of amides is 2. The molecule has 1 atom stereocenters. The number of carbonyl (C=O) groups excluding carboxylic acids is 2. The van der Waals surface area contributed by atoms with Crippen LogP contribution in [-0.2, 0) is 6.54 Å². The van der Waals surface area contributed by atoms with Crippen molar-refractivity contribution in [1.82, 2.24) is 4.90 Å². The number of quaternary nitrogens is 1. The van der Waals surface area contributed by atoms with E-state index in [4.69, 9.17) is 0 Å². The third-order valence-corrected chi connectivity index (χ3v) is 5.03. The van der Waals surface area contributed by atoms with Gasteiger partial charge in [0.15, 0.2) is 6.67 Å². The van der Waals surface area contributed by atoms with Crippen LogP contribution in [0.15, 0.2) is 42.5 Å². The first kappa shape index (κ1) is 17.3. The maximum atomic E-state index is 13.1. The fourth-order valence-corrected chi connectivity index (χ4v) is 3.42. The molecule has 0 spiro atoms. The molecular weight excluding hydrogens is 353 g/mol. The van der Waals surface area contributed by atoms with Crippen molar-refractivity contribution in [2.75, 3.05) is 6.67 Å². The molecule has 0 aromatic heterocycles. The number of nitrogens with zero attached hydrogens (tertiary/aromatic N) is 2. The summed E-state index contributed by atoms with van der Waals surface area (Å²) < 4.78 is 13.1. The first-order chi connectivity index (χ1) is 12.9. The van der Waals surface area contributed by atoms with Gasteiger partial charge >= 0.3 is 0 Å². The van der Waals surface area contributed by atoms with Crippen molar-refractivity contribution in [3.05, 3.63) is 75.1 Å². The first-order valence-electron chi connectivity index (χ1n) is 8.67. The van der Waals surface area contributed by atoms with E-state index >= 15 is 0 Å². The average Bonchev–Trinajstić information content (AvgIpc) is 3.47. The predicted octanol–water partition coefficient (Wildman–Crippen LogP) is 1.53. The Kier molecular flexibility index (Phi) is 4.19. The fraction of sp³-hybridized carbons (Fsp3) is 0.263. The third kappa shape index (κ3) is 3.31. The number of imide groups is 1. The summed E-state index contributed by atoms with van der Waals surface area (Å²) in [5, 5.41) is 10.9. The monoisotopic (exact) mass is 370 g/mol. The number of nitrogens with one attached hydrogen (secondary N) is 1. The zero-order chi connectivity index (χ0) is 19.1. The molecule has 7 nitrogen and oxygen atoms in total. The minimum atomic E-state index is -0.586. The largest absolute Gasteiger partial charge is 0.311 e. The SMILES string of the molecule is O=C1c2ccc([N+](=O)[O-])cc2C(=O)N1C[NH+](Cc1ccc(F)cc1)C1CC1. The Bertz CT molecular complexity index is 940. The average molecular weight is 370 g/mol. The number of rotatable bonds is 6. The molecule has 0 radical (unpaired) electrons. The number of halogens is 1. The summed E-state index contributed by atoms with van der Waals surface area (Å²) in [4.78, 5) is 37.9. The minimum absolute atomic E-state index is 0.0751. The standard InChI is InChI=1S/C19H16FN3O4/c20-13-3-1-12(2-4-13)10-21(14-5-6-14)11-22-18(24)16-8-7-15(23(26)27)9-17(16)19(22)25/h1-4,7-9,14H,5-6,10-11H2/p+1. The van der Waals surface area contributed by atoms with Crippen molar-refractivity contribution in [2.45, 2.75) is 25.4 Å². The highest BCUT2D eigenvalue weighted by Gasteiger charge is 2.42. The molecule has 1 saturated carbocycles. The summed E-state index contributed by atoms with van der Waals surface area (Å²) in [5.74, 6) is -1.24. The van der Waals surface area contributed by atoms with Gasteiger partial charge in [0, 0.05) is 30.5 Å². The highest BCUT2D eigenvalue weighted by molar-refractivity contribution is 6.21. The summed E-state index contributed by atoms with van der Waals surface area (Å²) >= 11 is 0. The van der Waals surface area contributed by atoms with E-state index in [1.165, 1.54) is 24.3 Å². The van der Waals surface area contributed by atoms with E-state index in [1.807, 2.05) is 0 Å². The van der Waals surface area contributed by atoms with Crippen LogP contribution in [0.25, 0.3) is 0 Å². The zero-order valence-corrected chi connectivity index (χ0v) is 14.4. The van der Waals surface area contributed by atoms with Gasteiger partial charge in [-0.1, -0.05) is 12.1 Å². The van der Waals surface area contributed by atoms with Crippen LogP contribution >= 0.6 is 0 Å². The molecule has 8 heteroatoms. The van der Waals surface area contributed by atoms with Gasteiger partial charge in [-0.15, -0.1) is 0 Å². The summed E-state index contributed by atoms with van der Waals surface area (Å²) in [6.45, 7) is 0.751. The molecule has 1 N–H and O–H groups in total. The second kappa shape index (κ2) is 6.55. The highest BCUT2D eigenvalue weighted by Crippen LogP contribution is 2.26. The van der Waals surface area contributed by atoms with Crippen LogP contribution in [0.4, 0.5) is 10.1 Å². The molecular formula is C19H17FN3O4+. The molecule has 1 aliphatic carbocycles. The van der Waals surface area contributed by atoms with E-state index in [1.54, 1.807) is 12.1 Å². The Hall–Kier alpha value is -3.13. The minimum Gasteiger partial charge on any atom is -0.311 e. The summed E-state index contributed by atoms with van der Waals surface area (Å²) in [7, 11) is 0. The van der Waals surface area contributed by atoms with Gasteiger partial charge in [-0.25, -0.2) is 9.29 Å². The van der Waals surface area contributed by atoms with Crippen LogP contribution in [0.5, 0.6) is 0 Å². The molecule has 2 aliphatic rings. The Morgan fingerprint density at radius 1 is 1.07 bits per heavy atom. The Morgan fingerprint density at radius 2 is 1.74 bits per heavy atom. The summed E-state index contributed by atoms with van der Waals surface area (Å²) in [6.07, 6.45) is 2.01. The van der Waals surface area contributed by atoms with Crippen molar-refractivity contribution >= 4 is 17.5 Å². The number of nitro groups is 1. The maximum absolute atomic E-state index is 13.1.